The molecule has 3 aliphatic rings. The lowest BCUT2D eigenvalue weighted by molar-refractivity contribution is 0.0775. The zero-order chi connectivity index (χ0) is 24.2. The Morgan fingerprint density at radius 3 is 2.54 bits per heavy atom. The molecule has 0 aromatic heterocycles. The number of carbonyl (C=O) groups excluding carboxylic acids is 1. The third-order valence-corrected chi connectivity index (χ3v) is 7.96. The van der Waals surface area contributed by atoms with Crippen molar-refractivity contribution in [3.05, 3.63) is 35.4 Å². The zero-order valence-electron chi connectivity index (χ0n) is 21.5. The molecule has 0 N–H and O–H groups in total. The predicted octanol–water partition coefficient (Wildman–Crippen LogP) is 5.05. The molecular weight excluding hydrogens is 436 g/mol. The second-order valence-corrected chi connectivity index (χ2v) is 10.4. The number of nitrogens with zero attached hydrogens (tertiary/aromatic N) is 4. The fourth-order valence-corrected chi connectivity index (χ4v) is 5.69. The van der Waals surface area contributed by atoms with Gasteiger partial charge in [-0.3, -0.25) is 9.79 Å². The van der Waals surface area contributed by atoms with Crippen LogP contribution in [0.2, 0.25) is 0 Å². The summed E-state index contributed by atoms with van der Waals surface area (Å²) < 4.78 is 6.19. The highest BCUT2D eigenvalue weighted by molar-refractivity contribution is 6.06. The van der Waals surface area contributed by atoms with E-state index in [1.165, 1.54) is 58.5 Å². The topological polar surface area (TPSA) is 48.4 Å². The summed E-state index contributed by atoms with van der Waals surface area (Å²) in [4.78, 5) is 24.9. The Morgan fingerprint density at radius 2 is 1.71 bits per heavy atom. The largest absolute Gasteiger partial charge is 0.493 e. The molecule has 188 valence electrons. The molecule has 5 rings (SSSR count). The molecule has 3 heterocycles. The van der Waals surface area contributed by atoms with E-state index in [0.717, 1.165) is 65.8 Å². The van der Waals surface area contributed by atoms with E-state index in [1.54, 1.807) is 0 Å². The molecule has 2 aromatic carbocycles. The molecule has 0 saturated carbocycles. The van der Waals surface area contributed by atoms with Gasteiger partial charge in [-0.15, -0.1) is 0 Å². The first-order valence-electron chi connectivity index (χ1n) is 13.6. The number of rotatable bonds is 9. The minimum atomic E-state index is 0.114. The number of likely N-dealkylation sites (N-methyl/N-ethyl adjacent to an activating group) is 1. The first-order valence-corrected chi connectivity index (χ1v) is 13.6. The molecule has 1 amide bonds. The van der Waals surface area contributed by atoms with Gasteiger partial charge < -0.3 is 19.4 Å². The van der Waals surface area contributed by atoms with Crippen molar-refractivity contribution in [3.8, 4) is 5.75 Å². The lowest BCUT2D eigenvalue weighted by Crippen LogP contribution is -2.46. The number of carbonyl (C=O) groups is 1. The summed E-state index contributed by atoms with van der Waals surface area (Å²) in [6, 6.07) is 8.47. The van der Waals surface area contributed by atoms with Crippen LogP contribution in [0.3, 0.4) is 0 Å². The fraction of sp³-hybridized carbons (Fsp3) is 0.586. The molecule has 2 saturated heterocycles. The van der Waals surface area contributed by atoms with Crippen molar-refractivity contribution in [1.82, 2.24) is 14.7 Å². The first-order chi connectivity index (χ1) is 17.1. The maximum absolute atomic E-state index is 13.1. The van der Waals surface area contributed by atoms with Crippen molar-refractivity contribution in [2.45, 2.75) is 58.4 Å². The van der Waals surface area contributed by atoms with Crippen molar-refractivity contribution in [2.24, 2.45) is 4.99 Å². The van der Waals surface area contributed by atoms with E-state index in [0.29, 0.717) is 0 Å². The molecule has 1 atom stereocenters. The maximum atomic E-state index is 13.1. The van der Waals surface area contributed by atoms with Gasteiger partial charge in [-0.1, -0.05) is 19.8 Å². The predicted molar refractivity (Wildman–Crippen MR) is 143 cm³/mol. The summed E-state index contributed by atoms with van der Waals surface area (Å²) in [5, 5.41) is 2.16. The van der Waals surface area contributed by atoms with Crippen LogP contribution in [0.1, 0.15) is 61.4 Å². The van der Waals surface area contributed by atoms with Crippen LogP contribution in [0.15, 0.2) is 29.3 Å². The van der Waals surface area contributed by atoms with Crippen molar-refractivity contribution >= 4 is 28.6 Å². The second-order valence-electron chi connectivity index (χ2n) is 10.4. The quantitative estimate of drug-likeness (QED) is 0.476. The number of hydrogen-bond donors (Lipinski definition) is 0. The lowest BCUT2D eigenvalue weighted by atomic mass is 10.0. The highest BCUT2D eigenvalue weighted by Gasteiger charge is 2.31. The Morgan fingerprint density at radius 1 is 0.943 bits per heavy atom. The minimum absolute atomic E-state index is 0.114. The third-order valence-electron chi connectivity index (χ3n) is 7.96. The van der Waals surface area contributed by atoms with E-state index in [1.807, 2.05) is 23.2 Å². The fourth-order valence-electron chi connectivity index (χ4n) is 5.69. The number of benzene rings is 2. The molecule has 2 fully saturated rings. The third kappa shape index (κ3) is 5.54. The first kappa shape index (κ1) is 24.3. The number of aryl methyl sites for hydroxylation is 1. The van der Waals surface area contributed by atoms with E-state index in [-0.39, 0.29) is 11.9 Å². The van der Waals surface area contributed by atoms with Gasteiger partial charge in [0.15, 0.2) is 0 Å². The molecule has 0 spiro atoms. The molecule has 0 aliphatic carbocycles. The Bertz CT molecular complexity index is 1070. The van der Waals surface area contributed by atoms with Crippen LogP contribution in [0.25, 0.3) is 10.8 Å². The summed E-state index contributed by atoms with van der Waals surface area (Å²) in [6.45, 7) is 13.2. The van der Waals surface area contributed by atoms with Crippen LogP contribution in [0.4, 0.5) is 5.69 Å². The number of hydrogen-bond acceptors (Lipinski definition) is 5. The van der Waals surface area contributed by atoms with Gasteiger partial charge in [0.2, 0.25) is 0 Å². The number of aliphatic imine (C=N–C) groups is 1. The van der Waals surface area contributed by atoms with E-state index in [9.17, 15) is 4.79 Å². The van der Waals surface area contributed by atoms with Gasteiger partial charge in [-0.2, -0.15) is 0 Å². The molecule has 2 aromatic rings. The summed E-state index contributed by atoms with van der Waals surface area (Å²) >= 11 is 0. The number of piperazine rings is 1. The summed E-state index contributed by atoms with van der Waals surface area (Å²) in [5.74, 6) is 1.05. The van der Waals surface area contributed by atoms with E-state index < -0.39 is 0 Å². The standard InChI is InChI=1S/C29H40N4O2/c1-3-31-12-14-32(15-13-31)10-6-4-5-7-16-35-28-20-24-19-27-26(18-23(24)17-22(28)2)29(34)33-11-8-9-25(33)21-30-27/h17-21,25H,3-16H2,1-2H3/t25-/m0/s1. The van der Waals surface area contributed by atoms with E-state index in [2.05, 4.69) is 35.8 Å². The van der Waals surface area contributed by atoms with Gasteiger partial charge in [0.1, 0.15) is 5.75 Å². The highest BCUT2D eigenvalue weighted by Crippen LogP contribution is 2.34. The van der Waals surface area contributed by atoms with E-state index in [4.69, 9.17) is 9.73 Å². The number of unbranched alkanes of at least 4 members (excludes halogenated alkanes) is 3. The molecule has 0 bridgehead atoms. The van der Waals surface area contributed by atoms with Crippen molar-refractivity contribution in [3.63, 3.8) is 0 Å². The maximum Gasteiger partial charge on any atom is 0.256 e. The Hall–Kier alpha value is -2.44. The second kappa shape index (κ2) is 11.1. The molecule has 35 heavy (non-hydrogen) atoms. The monoisotopic (exact) mass is 476 g/mol. The van der Waals surface area contributed by atoms with E-state index >= 15 is 0 Å². The van der Waals surface area contributed by atoms with Crippen LogP contribution in [0.5, 0.6) is 5.75 Å². The molecule has 6 heteroatoms. The lowest BCUT2D eigenvalue weighted by Gasteiger charge is -2.33. The van der Waals surface area contributed by atoms with Crippen LogP contribution < -0.4 is 4.74 Å². The van der Waals surface area contributed by atoms with Crippen LogP contribution in [-0.4, -0.2) is 85.3 Å². The number of amides is 1. The highest BCUT2D eigenvalue weighted by atomic mass is 16.5. The van der Waals surface area contributed by atoms with Gasteiger partial charge >= 0.3 is 0 Å². The zero-order valence-corrected chi connectivity index (χ0v) is 21.5. The Balaban J connectivity index is 1.12. The Labute approximate surface area is 209 Å². The number of ether oxygens (including phenoxy) is 1. The molecule has 0 radical (unpaired) electrons. The van der Waals surface area contributed by atoms with Crippen LogP contribution in [-0.2, 0) is 0 Å². The van der Waals surface area contributed by atoms with Gasteiger partial charge in [-0.05, 0) is 86.3 Å². The average Bonchev–Trinajstić information content (AvgIpc) is 3.31. The smallest absolute Gasteiger partial charge is 0.256 e. The molecule has 3 aliphatic heterocycles. The van der Waals surface area contributed by atoms with Gasteiger partial charge in [-0.25, -0.2) is 0 Å². The normalized spacial score (nSPS) is 20.8. The molecule has 0 unspecified atom stereocenters. The average molecular weight is 477 g/mol. The van der Waals surface area contributed by atoms with Gasteiger partial charge in [0.05, 0.1) is 23.9 Å². The van der Waals surface area contributed by atoms with Crippen molar-refractivity contribution in [2.75, 3.05) is 52.4 Å². The Kier molecular flexibility index (Phi) is 7.69. The van der Waals surface area contributed by atoms with Crippen LogP contribution in [0, 0.1) is 6.92 Å². The van der Waals surface area contributed by atoms with Crippen molar-refractivity contribution in [1.29, 1.82) is 0 Å². The molecule has 6 nitrogen and oxygen atoms in total. The summed E-state index contributed by atoms with van der Waals surface area (Å²) in [7, 11) is 0. The number of fused-ring (bicyclic) bond motifs is 3. The van der Waals surface area contributed by atoms with Crippen LogP contribution >= 0.6 is 0 Å². The SMILES string of the molecule is CCN1CCN(CCCCCCOc2cc3cc4c(cc3cc2C)C(=O)N2CCC[C@H]2C=N4)CC1. The van der Waals surface area contributed by atoms with Gasteiger partial charge in [0, 0.05) is 38.9 Å². The summed E-state index contributed by atoms with van der Waals surface area (Å²) in [5.41, 5.74) is 2.62. The summed E-state index contributed by atoms with van der Waals surface area (Å²) in [6.07, 6.45) is 8.87. The minimum Gasteiger partial charge on any atom is -0.493 e. The molecular formula is C29H40N4O2. The van der Waals surface area contributed by atoms with Gasteiger partial charge in [0.25, 0.3) is 5.91 Å². The van der Waals surface area contributed by atoms with Crippen molar-refractivity contribution < 1.29 is 9.53 Å².